The summed E-state index contributed by atoms with van der Waals surface area (Å²) in [6.45, 7) is 5.06. The van der Waals surface area contributed by atoms with Gasteiger partial charge in [0.2, 0.25) is 0 Å². The topological polar surface area (TPSA) is 176 Å². The van der Waals surface area contributed by atoms with Crippen LogP contribution in [-0.2, 0) is 20.0 Å². The van der Waals surface area contributed by atoms with E-state index in [-0.39, 0.29) is 35.5 Å². The van der Waals surface area contributed by atoms with E-state index >= 15 is 0 Å². The number of nitrogens with two attached hydrogens (primary N) is 1. The van der Waals surface area contributed by atoms with E-state index in [1.165, 1.54) is 24.6 Å². The van der Waals surface area contributed by atoms with Crippen LogP contribution in [0.1, 0.15) is 37.7 Å². The van der Waals surface area contributed by atoms with E-state index in [1.807, 2.05) is 0 Å². The average Bonchev–Trinajstić information content (AvgIpc) is 2.82. The zero-order valence-electron chi connectivity index (χ0n) is 19.4. The molecule has 1 aliphatic carbocycles. The molecule has 13 heteroatoms. The fourth-order valence-corrected chi connectivity index (χ4v) is 4.94. The Labute approximate surface area is 205 Å². The van der Waals surface area contributed by atoms with E-state index in [1.54, 1.807) is 13.0 Å². The van der Waals surface area contributed by atoms with Gasteiger partial charge in [0, 0.05) is 23.6 Å². The molecule has 0 amide bonds. The Kier molecular flexibility index (Phi) is 8.46. The van der Waals surface area contributed by atoms with Crippen LogP contribution in [0.3, 0.4) is 0 Å². The van der Waals surface area contributed by atoms with Crippen LogP contribution in [0.5, 0.6) is 0 Å². The van der Waals surface area contributed by atoms with Gasteiger partial charge in [0.05, 0.1) is 11.4 Å². The summed E-state index contributed by atoms with van der Waals surface area (Å²) in [6, 6.07) is 5.83. The first-order valence-corrected chi connectivity index (χ1v) is 14.3. The molecule has 0 bridgehead atoms. The SMILES string of the molecule is C=CS(=O)(=O)CCNc1nc(NC2CCCCC2)c(N)c(C)c1N=Nc1ccccc1S(=O)(=O)O. The first kappa shape index (κ1) is 26.6. The number of azo groups is 1. The van der Waals surface area contributed by atoms with Crippen molar-refractivity contribution in [2.45, 2.75) is 50.0 Å². The van der Waals surface area contributed by atoms with Crippen LogP contribution < -0.4 is 16.4 Å². The lowest BCUT2D eigenvalue weighted by atomic mass is 9.95. The van der Waals surface area contributed by atoms with Crippen LogP contribution in [0, 0.1) is 6.92 Å². The molecule has 1 aliphatic rings. The van der Waals surface area contributed by atoms with Gasteiger partial charge in [-0.2, -0.15) is 8.42 Å². The lowest BCUT2D eigenvalue weighted by Crippen LogP contribution is -2.24. The van der Waals surface area contributed by atoms with E-state index in [2.05, 4.69) is 32.4 Å². The second-order valence-corrected chi connectivity index (χ2v) is 11.7. The molecular formula is C22H30N6O5S2. The predicted molar refractivity (Wildman–Crippen MR) is 137 cm³/mol. The summed E-state index contributed by atoms with van der Waals surface area (Å²) in [4.78, 5) is 4.17. The molecule has 0 radical (unpaired) electrons. The number of sulfone groups is 1. The van der Waals surface area contributed by atoms with Crippen LogP contribution >= 0.6 is 0 Å². The summed E-state index contributed by atoms with van der Waals surface area (Å²) in [7, 11) is -7.96. The molecule has 1 fully saturated rings. The minimum absolute atomic E-state index is 0.0255. The Bertz CT molecular complexity index is 1320. The lowest BCUT2D eigenvalue weighted by molar-refractivity contribution is 0.462. The van der Waals surface area contributed by atoms with Gasteiger partial charge in [-0.15, -0.1) is 10.2 Å². The molecule has 190 valence electrons. The summed E-state index contributed by atoms with van der Waals surface area (Å²) in [6.07, 6.45) is 5.40. The summed E-state index contributed by atoms with van der Waals surface area (Å²) >= 11 is 0. The molecule has 3 rings (SSSR count). The van der Waals surface area contributed by atoms with Gasteiger partial charge in [-0.25, -0.2) is 13.4 Å². The molecule has 1 saturated carbocycles. The van der Waals surface area contributed by atoms with Crippen molar-refractivity contribution in [2.75, 3.05) is 28.7 Å². The Balaban J connectivity index is 2.00. The van der Waals surface area contributed by atoms with Gasteiger partial charge in [0.1, 0.15) is 16.3 Å². The van der Waals surface area contributed by atoms with Gasteiger partial charge >= 0.3 is 0 Å². The largest absolute Gasteiger partial charge is 0.395 e. The van der Waals surface area contributed by atoms with Crippen molar-refractivity contribution >= 4 is 48.7 Å². The first-order valence-electron chi connectivity index (χ1n) is 11.2. The zero-order valence-corrected chi connectivity index (χ0v) is 21.1. The summed E-state index contributed by atoms with van der Waals surface area (Å²) in [5.41, 5.74) is 7.39. The Hall–Kier alpha value is -3.03. The van der Waals surface area contributed by atoms with Gasteiger partial charge < -0.3 is 16.4 Å². The van der Waals surface area contributed by atoms with Crippen molar-refractivity contribution in [1.29, 1.82) is 0 Å². The van der Waals surface area contributed by atoms with E-state index < -0.39 is 24.9 Å². The third kappa shape index (κ3) is 6.99. The Morgan fingerprint density at radius 3 is 2.49 bits per heavy atom. The highest BCUT2D eigenvalue weighted by molar-refractivity contribution is 7.94. The predicted octanol–water partition coefficient (Wildman–Crippen LogP) is 4.35. The maximum Gasteiger partial charge on any atom is 0.296 e. The number of nitrogens with zero attached hydrogens (tertiary/aromatic N) is 3. The van der Waals surface area contributed by atoms with E-state index in [0.29, 0.717) is 17.1 Å². The molecule has 0 atom stereocenters. The van der Waals surface area contributed by atoms with Crippen LogP contribution in [0.15, 0.2) is 51.4 Å². The molecule has 5 N–H and O–H groups in total. The zero-order chi connectivity index (χ0) is 25.6. The number of benzene rings is 1. The number of hydrogen-bond acceptors (Lipinski definition) is 10. The van der Waals surface area contributed by atoms with E-state index in [0.717, 1.165) is 31.1 Å². The first-order chi connectivity index (χ1) is 16.5. The quantitative estimate of drug-likeness (QED) is 0.261. The van der Waals surface area contributed by atoms with Gasteiger partial charge in [0.25, 0.3) is 10.1 Å². The molecule has 1 aromatic heterocycles. The van der Waals surface area contributed by atoms with Gasteiger partial charge in [-0.1, -0.05) is 38.0 Å². The molecule has 0 unspecified atom stereocenters. The van der Waals surface area contributed by atoms with Crippen LogP contribution in [0.4, 0.5) is 28.7 Å². The maximum absolute atomic E-state index is 11.8. The monoisotopic (exact) mass is 522 g/mol. The van der Waals surface area contributed by atoms with Crippen molar-refractivity contribution in [3.05, 3.63) is 41.8 Å². The molecule has 1 aromatic carbocycles. The molecule has 0 saturated heterocycles. The second-order valence-electron chi connectivity index (χ2n) is 8.28. The molecule has 0 aliphatic heterocycles. The number of rotatable bonds is 10. The summed E-state index contributed by atoms with van der Waals surface area (Å²) < 4.78 is 56.5. The van der Waals surface area contributed by atoms with Crippen molar-refractivity contribution in [3.63, 3.8) is 0 Å². The van der Waals surface area contributed by atoms with Crippen molar-refractivity contribution in [2.24, 2.45) is 10.2 Å². The fraction of sp³-hybridized carbons (Fsp3) is 0.409. The number of nitrogen functional groups attached to an aromatic ring is 1. The van der Waals surface area contributed by atoms with Gasteiger partial charge in [0.15, 0.2) is 21.5 Å². The Morgan fingerprint density at radius 1 is 1.14 bits per heavy atom. The summed E-state index contributed by atoms with van der Waals surface area (Å²) in [5, 5.41) is 15.4. The van der Waals surface area contributed by atoms with Crippen molar-refractivity contribution in [3.8, 4) is 0 Å². The minimum atomic E-state index is -4.52. The van der Waals surface area contributed by atoms with E-state index in [9.17, 15) is 21.4 Å². The van der Waals surface area contributed by atoms with Crippen molar-refractivity contribution in [1.82, 2.24) is 4.98 Å². The van der Waals surface area contributed by atoms with Crippen LogP contribution in [0.25, 0.3) is 0 Å². The third-order valence-corrected chi connectivity index (χ3v) is 7.92. The number of aromatic nitrogens is 1. The fourth-order valence-electron chi connectivity index (χ4n) is 3.76. The lowest BCUT2D eigenvalue weighted by Gasteiger charge is -2.25. The third-order valence-electron chi connectivity index (χ3n) is 5.74. The molecule has 35 heavy (non-hydrogen) atoms. The second kappa shape index (κ2) is 11.1. The smallest absolute Gasteiger partial charge is 0.296 e. The molecule has 11 nitrogen and oxygen atoms in total. The Morgan fingerprint density at radius 2 is 1.83 bits per heavy atom. The number of pyridine rings is 1. The van der Waals surface area contributed by atoms with Gasteiger partial charge in [-0.05, 0) is 31.9 Å². The molecule has 2 aromatic rings. The standard InChI is InChI=1S/C22H30N6O5S2/c1-3-34(29,30)14-13-24-22-20(28-27-17-11-7-8-12-18(17)35(31,32)33)15(2)19(23)21(26-22)25-16-9-5-4-6-10-16/h3,7-8,11-12,16H,1,4-6,9-10,13-14,23H2,2H3,(H2,24,25,26)(H,31,32,33). The maximum atomic E-state index is 11.8. The number of anilines is 3. The van der Waals surface area contributed by atoms with Crippen LogP contribution in [-0.4, -0.2) is 44.7 Å². The highest BCUT2D eigenvalue weighted by atomic mass is 32.2. The normalized spacial score (nSPS) is 15.3. The van der Waals surface area contributed by atoms with Crippen LogP contribution in [0.2, 0.25) is 0 Å². The number of hydrogen-bond donors (Lipinski definition) is 4. The molecular weight excluding hydrogens is 492 g/mol. The minimum Gasteiger partial charge on any atom is -0.395 e. The summed E-state index contributed by atoms with van der Waals surface area (Å²) in [5.74, 6) is 0.484. The number of nitrogens with one attached hydrogen (secondary N) is 2. The molecule has 0 spiro atoms. The van der Waals surface area contributed by atoms with E-state index in [4.69, 9.17) is 5.73 Å². The molecule has 1 heterocycles. The average molecular weight is 523 g/mol. The highest BCUT2D eigenvalue weighted by Gasteiger charge is 2.21. The van der Waals surface area contributed by atoms with Gasteiger partial charge in [-0.3, -0.25) is 4.55 Å². The highest BCUT2D eigenvalue weighted by Crippen LogP contribution is 2.38. The van der Waals surface area contributed by atoms with Crippen molar-refractivity contribution < 1.29 is 21.4 Å².